The first-order chi connectivity index (χ1) is 9.74. The van der Waals surface area contributed by atoms with Crippen molar-refractivity contribution >= 4 is 23.3 Å². The second-order valence-corrected chi connectivity index (χ2v) is 4.83. The minimum atomic E-state index is 0.672. The smallest absolute Gasteiger partial charge is 0.0991 e. The first-order valence-corrected chi connectivity index (χ1v) is 7.01. The van der Waals surface area contributed by atoms with Crippen molar-refractivity contribution < 1.29 is 0 Å². The van der Waals surface area contributed by atoms with Gasteiger partial charge in [0.15, 0.2) is 0 Å². The Balaban J connectivity index is 2.22. The van der Waals surface area contributed by atoms with Crippen LogP contribution in [-0.4, -0.2) is 10.4 Å². The van der Waals surface area contributed by atoms with Gasteiger partial charge in [0.1, 0.15) is 0 Å². The van der Waals surface area contributed by atoms with Crippen LogP contribution >= 0.6 is 12.2 Å². The van der Waals surface area contributed by atoms with Crippen LogP contribution in [0.4, 0.5) is 0 Å². The Morgan fingerprint density at radius 1 is 1.30 bits per heavy atom. The van der Waals surface area contributed by atoms with Gasteiger partial charge in [-0.15, -0.1) is 0 Å². The van der Waals surface area contributed by atoms with E-state index < -0.39 is 0 Å². The summed E-state index contributed by atoms with van der Waals surface area (Å²) in [7, 11) is 0. The highest BCUT2D eigenvalue weighted by atomic mass is 32.1. The van der Waals surface area contributed by atoms with E-state index in [1.165, 1.54) is 0 Å². The highest BCUT2D eigenvalue weighted by Crippen LogP contribution is 2.19. The Kier molecular flexibility index (Phi) is 4.86. The fraction of sp³-hybridized carbons (Fsp3) is 0.176. The molecule has 0 amide bonds. The molecule has 1 aromatic carbocycles. The quantitative estimate of drug-likeness (QED) is 0.764. The van der Waals surface area contributed by atoms with Gasteiger partial charge in [0, 0.05) is 11.9 Å². The normalized spacial score (nSPS) is 14.4. The Hall–Kier alpha value is -2.18. The van der Waals surface area contributed by atoms with Crippen molar-refractivity contribution in [2.75, 3.05) is 0 Å². The van der Waals surface area contributed by atoms with Crippen molar-refractivity contribution in [1.29, 1.82) is 5.26 Å². The molecule has 0 unspecified atom stereocenters. The maximum absolute atomic E-state index is 8.81. The lowest BCUT2D eigenvalue weighted by Gasteiger charge is -2.19. The van der Waals surface area contributed by atoms with Crippen molar-refractivity contribution in [3.63, 3.8) is 0 Å². The number of benzene rings is 1. The number of nitriles is 1. The van der Waals surface area contributed by atoms with Crippen LogP contribution in [0.5, 0.6) is 0 Å². The van der Waals surface area contributed by atoms with Gasteiger partial charge in [0.25, 0.3) is 0 Å². The lowest BCUT2D eigenvalue weighted by Crippen LogP contribution is -2.13. The first kappa shape index (κ1) is 14.2. The van der Waals surface area contributed by atoms with E-state index in [0.717, 1.165) is 29.7 Å². The van der Waals surface area contributed by atoms with E-state index in [1.807, 2.05) is 42.3 Å². The number of hydrogen-bond donors (Lipinski definition) is 0. The molecule has 1 aliphatic rings. The summed E-state index contributed by atoms with van der Waals surface area (Å²) in [5.74, 6) is 0. The standard InChI is InChI=1S/C17H16N2S/c1-14(16-9-7-15(11-18)8-10-16)12-19(13-20)17-5-3-2-4-6-17/h3,5-10,12-13H,2,4H2,1H3/b14-12+. The van der Waals surface area contributed by atoms with Crippen LogP contribution in [0.15, 0.2) is 54.4 Å². The second kappa shape index (κ2) is 6.83. The van der Waals surface area contributed by atoms with E-state index in [9.17, 15) is 0 Å². The summed E-state index contributed by atoms with van der Waals surface area (Å²) in [6, 6.07) is 9.69. The van der Waals surface area contributed by atoms with E-state index in [4.69, 9.17) is 17.5 Å². The lowest BCUT2D eigenvalue weighted by atomic mass is 10.1. The van der Waals surface area contributed by atoms with E-state index >= 15 is 0 Å². The molecule has 0 fully saturated rings. The predicted molar refractivity (Wildman–Crippen MR) is 86.8 cm³/mol. The molecule has 1 aromatic rings. The van der Waals surface area contributed by atoms with Crippen LogP contribution < -0.4 is 0 Å². The van der Waals surface area contributed by atoms with E-state index in [1.54, 1.807) is 5.49 Å². The zero-order chi connectivity index (χ0) is 14.4. The molecule has 100 valence electrons. The molecule has 0 saturated carbocycles. The van der Waals surface area contributed by atoms with Gasteiger partial charge in [0.05, 0.1) is 17.1 Å². The summed E-state index contributed by atoms with van der Waals surface area (Å²) >= 11 is 5.10. The van der Waals surface area contributed by atoms with Crippen LogP contribution in [0.1, 0.15) is 30.9 Å². The van der Waals surface area contributed by atoms with Gasteiger partial charge < -0.3 is 4.90 Å². The Labute approximate surface area is 125 Å². The summed E-state index contributed by atoms with van der Waals surface area (Å²) in [4.78, 5) is 1.96. The minimum Gasteiger partial charge on any atom is -0.314 e. The van der Waals surface area contributed by atoms with Crippen molar-refractivity contribution in [2.24, 2.45) is 0 Å². The van der Waals surface area contributed by atoms with E-state index in [-0.39, 0.29) is 0 Å². The van der Waals surface area contributed by atoms with Crippen LogP contribution in [0.2, 0.25) is 0 Å². The Morgan fingerprint density at radius 3 is 2.60 bits per heavy atom. The summed E-state index contributed by atoms with van der Waals surface area (Å²) in [5.41, 5.74) is 5.63. The molecule has 0 N–H and O–H groups in total. The molecular formula is C17H16N2S. The maximum Gasteiger partial charge on any atom is 0.0991 e. The molecule has 0 saturated heterocycles. The van der Waals surface area contributed by atoms with Crippen LogP contribution in [0.25, 0.3) is 5.57 Å². The summed E-state index contributed by atoms with van der Waals surface area (Å²) in [6.07, 6.45) is 10.6. The average Bonchev–Trinajstić information content (AvgIpc) is 2.53. The average molecular weight is 280 g/mol. The summed E-state index contributed by atoms with van der Waals surface area (Å²) < 4.78 is 0. The second-order valence-electron chi connectivity index (χ2n) is 4.62. The van der Waals surface area contributed by atoms with Gasteiger partial charge in [-0.05, 0) is 49.1 Å². The van der Waals surface area contributed by atoms with E-state index in [0.29, 0.717) is 5.56 Å². The fourth-order valence-corrected chi connectivity index (χ4v) is 2.23. The number of nitrogens with zero attached hydrogens (tertiary/aromatic N) is 2. The Bertz CT molecular complexity index is 615. The molecule has 3 heteroatoms. The fourth-order valence-electron chi connectivity index (χ4n) is 2.05. The van der Waals surface area contributed by atoms with Gasteiger partial charge in [-0.2, -0.15) is 5.26 Å². The molecule has 0 atom stereocenters. The number of rotatable bonds is 4. The van der Waals surface area contributed by atoms with Gasteiger partial charge in [-0.25, -0.2) is 0 Å². The monoisotopic (exact) mass is 280 g/mol. The van der Waals surface area contributed by atoms with Crippen LogP contribution in [0, 0.1) is 11.3 Å². The maximum atomic E-state index is 8.81. The predicted octanol–water partition coefficient (Wildman–Crippen LogP) is 4.41. The summed E-state index contributed by atoms with van der Waals surface area (Å²) in [5, 5.41) is 8.81. The van der Waals surface area contributed by atoms with Crippen molar-refractivity contribution in [2.45, 2.75) is 19.8 Å². The third-order valence-corrected chi connectivity index (χ3v) is 3.42. The van der Waals surface area contributed by atoms with Gasteiger partial charge >= 0.3 is 0 Å². The van der Waals surface area contributed by atoms with Crippen molar-refractivity contribution in [3.8, 4) is 6.07 Å². The molecule has 0 bridgehead atoms. The van der Waals surface area contributed by atoms with Crippen LogP contribution in [-0.2, 0) is 0 Å². The molecule has 0 spiro atoms. The number of hydrogen-bond acceptors (Lipinski definition) is 2. The zero-order valence-electron chi connectivity index (χ0n) is 11.4. The minimum absolute atomic E-state index is 0.672. The molecule has 1 aliphatic carbocycles. The molecule has 0 aromatic heterocycles. The Morgan fingerprint density at radius 2 is 2.05 bits per heavy atom. The molecular weight excluding hydrogens is 264 g/mol. The lowest BCUT2D eigenvalue weighted by molar-refractivity contribution is 0.730. The molecule has 0 heterocycles. The van der Waals surface area contributed by atoms with Gasteiger partial charge in [-0.1, -0.05) is 36.5 Å². The van der Waals surface area contributed by atoms with Crippen molar-refractivity contribution in [3.05, 3.63) is 65.5 Å². The SMILES string of the molecule is C/C(=C\N(C=S)C1=CCCC=C1)c1ccc(C#N)cc1. The highest BCUT2D eigenvalue weighted by molar-refractivity contribution is 7.78. The largest absolute Gasteiger partial charge is 0.314 e. The molecule has 2 nitrogen and oxygen atoms in total. The molecule has 20 heavy (non-hydrogen) atoms. The van der Waals surface area contributed by atoms with Crippen LogP contribution in [0.3, 0.4) is 0 Å². The van der Waals surface area contributed by atoms with Gasteiger partial charge in [-0.3, -0.25) is 0 Å². The number of thiocarbonyl (C=S) groups is 1. The number of allylic oxidation sites excluding steroid dienone is 4. The summed E-state index contributed by atoms with van der Waals surface area (Å²) in [6.45, 7) is 2.04. The third-order valence-electron chi connectivity index (χ3n) is 3.19. The van der Waals surface area contributed by atoms with E-state index in [2.05, 4.69) is 24.3 Å². The van der Waals surface area contributed by atoms with Crippen molar-refractivity contribution in [1.82, 2.24) is 4.90 Å². The topological polar surface area (TPSA) is 27.0 Å². The molecule has 0 radical (unpaired) electrons. The zero-order valence-corrected chi connectivity index (χ0v) is 12.2. The first-order valence-electron chi connectivity index (χ1n) is 6.54. The highest BCUT2D eigenvalue weighted by Gasteiger charge is 2.05. The van der Waals surface area contributed by atoms with Gasteiger partial charge in [0.2, 0.25) is 0 Å². The molecule has 2 rings (SSSR count). The third kappa shape index (κ3) is 3.43. The molecule has 0 aliphatic heterocycles.